The Morgan fingerprint density at radius 3 is 2.23 bits per heavy atom. The lowest BCUT2D eigenvalue weighted by Gasteiger charge is -2.17. The summed E-state index contributed by atoms with van der Waals surface area (Å²) in [6, 6.07) is 9.10. The molecule has 3 heteroatoms. The van der Waals surface area contributed by atoms with Gasteiger partial charge in [0.2, 0.25) is 5.91 Å². The van der Waals surface area contributed by atoms with Crippen LogP contribution in [0, 0.1) is 0 Å². The summed E-state index contributed by atoms with van der Waals surface area (Å²) < 4.78 is 0. The van der Waals surface area contributed by atoms with Gasteiger partial charge in [0.25, 0.3) is 0 Å². The Hall–Kier alpha value is -1.35. The van der Waals surface area contributed by atoms with Crippen molar-refractivity contribution in [3.05, 3.63) is 35.9 Å². The normalized spacial score (nSPS) is 14.9. The van der Waals surface area contributed by atoms with Crippen molar-refractivity contribution in [2.75, 3.05) is 0 Å². The SMILES string of the molecule is CC(N)C(C(N)=O)c1ccccc1. The number of carbonyl (C=O) groups is 1. The second-order valence-electron chi connectivity index (χ2n) is 3.15. The van der Waals surface area contributed by atoms with E-state index in [4.69, 9.17) is 11.5 Å². The zero-order valence-corrected chi connectivity index (χ0v) is 7.60. The smallest absolute Gasteiger partial charge is 0.226 e. The first-order valence-corrected chi connectivity index (χ1v) is 4.22. The molecule has 2 atom stereocenters. The second kappa shape index (κ2) is 4.05. The lowest BCUT2D eigenvalue weighted by molar-refractivity contribution is -0.119. The summed E-state index contributed by atoms with van der Waals surface area (Å²) in [6.07, 6.45) is 0. The fraction of sp³-hybridized carbons (Fsp3) is 0.300. The van der Waals surface area contributed by atoms with Crippen molar-refractivity contribution in [3.63, 3.8) is 0 Å². The van der Waals surface area contributed by atoms with Crippen LogP contribution in [0.15, 0.2) is 30.3 Å². The van der Waals surface area contributed by atoms with E-state index in [0.717, 1.165) is 5.56 Å². The number of hydrogen-bond acceptors (Lipinski definition) is 2. The van der Waals surface area contributed by atoms with Crippen molar-refractivity contribution in [2.45, 2.75) is 18.9 Å². The molecule has 13 heavy (non-hydrogen) atoms. The van der Waals surface area contributed by atoms with Crippen LogP contribution in [-0.4, -0.2) is 11.9 Å². The fourth-order valence-corrected chi connectivity index (χ4v) is 1.39. The highest BCUT2D eigenvalue weighted by Gasteiger charge is 2.21. The number of amides is 1. The monoisotopic (exact) mass is 178 g/mol. The minimum absolute atomic E-state index is 0.250. The van der Waals surface area contributed by atoms with E-state index in [1.165, 1.54) is 0 Å². The standard InChI is InChI=1S/C10H14N2O/c1-7(11)9(10(12)13)8-5-3-2-4-6-8/h2-7,9H,11H2,1H3,(H2,12,13). The fourth-order valence-electron chi connectivity index (χ4n) is 1.39. The van der Waals surface area contributed by atoms with Crippen LogP contribution in [0.25, 0.3) is 0 Å². The number of hydrogen-bond donors (Lipinski definition) is 2. The number of carbonyl (C=O) groups excluding carboxylic acids is 1. The molecular formula is C10H14N2O. The van der Waals surface area contributed by atoms with Gasteiger partial charge in [-0.3, -0.25) is 4.79 Å². The van der Waals surface area contributed by atoms with E-state index in [0.29, 0.717) is 0 Å². The van der Waals surface area contributed by atoms with Crippen LogP contribution in [0.4, 0.5) is 0 Å². The van der Waals surface area contributed by atoms with E-state index in [1.807, 2.05) is 30.3 Å². The molecule has 0 saturated heterocycles. The van der Waals surface area contributed by atoms with Gasteiger partial charge in [0, 0.05) is 6.04 Å². The third kappa shape index (κ3) is 2.29. The van der Waals surface area contributed by atoms with Gasteiger partial charge in [0.05, 0.1) is 5.92 Å². The molecule has 0 bridgehead atoms. The van der Waals surface area contributed by atoms with Gasteiger partial charge < -0.3 is 11.5 Å². The Bertz CT molecular complexity index is 282. The van der Waals surface area contributed by atoms with Gasteiger partial charge in [-0.2, -0.15) is 0 Å². The van der Waals surface area contributed by atoms with Crippen LogP contribution in [-0.2, 0) is 4.79 Å². The third-order valence-electron chi connectivity index (χ3n) is 1.99. The summed E-state index contributed by atoms with van der Waals surface area (Å²) in [5.74, 6) is -0.762. The summed E-state index contributed by atoms with van der Waals surface area (Å²) in [4.78, 5) is 11.1. The van der Waals surface area contributed by atoms with Crippen LogP contribution < -0.4 is 11.5 Å². The molecule has 1 rings (SSSR count). The zero-order chi connectivity index (χ0) is 9.84. The molecule has 1 aromatic rings. The first-order chi connectivity index (χ1) is 6.13. The van der Waals surface area contributed by atoms with Crippen LogP contribution >= 0.6 is 0 Å². The highest BCUT2D eigenvalue weighted by molar-refractivity contribution is 5.82. The summed E-state index contributed by atoms with van der Waals surface area (Å²) in [5.41, 5.74) is 11.8. The predicted octanol–water partition coefficient (Wildman–Crippen LogP) is 0.603. The summed E-state index contributed by atoms with van der Waals surface area (Å²) in [6.45, 7) is 1.78. The lowest BCUT2D eigenvalue weighted by Crippen LogP contribution is -2.35. The molecule has 2 unspecified atom stereocenters. The molecule has 3 nitrogen and oxygen atoms in total. The third-order valence-corrected chi connectivity index (χ3v) is 1.99. The van der Waals surface area contributed by atoms with E-state index in [2.05, 4.69) is 0 Å². The molecule has 70 valence electrons. The van der Waals surface area contributed by atoms with Crippen LogP contribution in [0.3, 0.4) is 0 Å². The second-order valence-corrected chi connectivity index (χ2v) is 3.15. The van der Waals surface area contributed by atoms with E-state index in [9.17, 15) is 4.79 Å². The van der Waals surface area contributed by atoms with Gasteiger partial charge in [0.15, 0.2) is 0 Å². The Labute approximate surface area is 77.7 Å². The van der Waals surface area contributed by atoms with E-state index in [-0.39, 0.29) is 17.9 Å². The molecule has 0 saturated carbocycles. The van der Waals surface area contributed by atoms with Crippen molar-refractivity contribution < 1.29 is 4.79 Å². The molecule has 0 aliphatic rings. The van der Waals surface area contributed by atoms with Gasteiger partial charge >= 0.3 is 0 Å². The Balaban J connectivity index is 2.96. The predicted molar refractivity (Wildman–Crippen MR) is 52.0 cm³/mol. The number of rotatable bonds is 3. The maximum atomic E-state index is 11.1. The molecule has 0 aromatic heterocycles. The maximum Gasteiger partial charge on any atom is 0.226 e. The summed E-state index contributed by atoms with van der Waals surface area (Å²) in [5, 5.41) is 0. The zero-order valence-electron chi connectivity index (χ0n) is 7.60. The van der Waals surface area contributed by atoms with Crippen LogP contribution in [0.1, 0.15) is 18.4 Å². The van der Waals surface area contributed by atoms with Crippen molar-refractivity contribution in [2.24, 2.45) is 11.5 Å². The van der Waals surface area contributed by atoms with Gasteiger partial charge in [-0.15, -0.1) is 0 Å². The molecule has 4 N–H and O–H groups in total. The molecular weight excluding hydrogens is 164 g/mol. The van der Waals surface area contributed by atoms with Gasteiger partial charge in [-0.05, 0) is 12.5 Å². The molecule has 0 spiro atoms. The first kappa shape index (κ1) is 9.74. The lowest BCUT2D eigenvalue weighted by atomic mass is 9.92. The average Bonchev–Trinajstić information content (AvgIpc) is 2.04. The Morgan fingerprint density at radius 2 is 1.85 bits per heavy atom. The van der Waals surface area contributed by atoms with Gasteiger partial charge in [-0.1, -0.05) is 30.3 Å². The molecule has 0 aliphatic carbocycles. The van der Waals surface area contributed by atoms with Crippen LogP contribution in [0.2, 0.25) is 0 Å². The summed E-state index contributed by atoms with van der Waals surface area (Å²) >= 11 is 0. The van der Waals surface area contributed by atoms with Crippen molar-refractivity contribution >= 4 is 5.91 Å². The average molecular weight is 178 g/mol. The number of benzene rings is 1. The number of nitrogens with two attached hydrogens (primary N) is 2. The van der Waals surface area contributed by atoms with Crippen molar-refractivity contribution in [1.82, 2.24) is 0 Å². The van der Waals surface area contributed by atoms with E-state index >= 15 is 0 Å². The van der Waals surface area contributed by atoms with Gasteiger partial charge in [-0.25, -0.2) is 0 Å². The van der Waals surface area contributed by atoms with Crippen molar-refractivity contribution in [1.29, 1.82) is 0 Å². The maximum absolute atomic E-state index is 11.1. The Morgan fingerprint density at radius 1 is 1.31 bits per heavy atom. The highest BCUT2D eigenvalue weighted by Crippen LogP contribution is 2.17. The molecule has 0 radical (unpaired) electrons. The molecule has 1 amide bonds. The molecule has 1 aromatic carbocycles. The number of primary amides is 1. The quantitative estimate of drug-likeness (QED) is 0.711. The van der Waals surface area contributed by atoms with E-state index < -0.39 is 0 Å². The highest BCUT2D eigenvalue weighted by atomic mass is 16.1. The minimum Gasteiger partial charge on any atom is -0.369 e. The first-order valence-electron chi connectivity index (χ1n) is 4.22. The van der Waals surface area contributed by atoms with Gasteiger partial charge in [0.1, 0.15) is 0 Å². The van der Waals surface area contributed by atoms with Crippen molar-refractivity contribution in [3.8, 4) is 0 Å². The Kier molecular flexibility index (Phi) is 3.03. The minimum atomic E-state index is -0.388. The van der Waals surface area contributed by atoms with Crippen LogP contribution in [0.5, 0.6) is 0 Å². The van der Waals surface area contributed by atoms with E-state index in [1.54, 1.807) is 6.92 Å². The summed E-state index contributed by atoms with van der Waals surface area (Å²) in [7, 11) is 0. The molecule has 0 aliphatic heterocycles. The largest absolute Gasteiger partial charge is 0.369 e. The topological polar surface area (TPSA) is 69.1 Å². The molecule has 0 fully saturated rings. The molecule has 0 heterocycles.